The number of carbonyl (C=O) groups is 3. The van der Waals surface area contributed by atoms with Gasteiger partial charge in [-0.15, -0.1) is 0 Å². The normalized spacial score (nSPS) is 28.6. The second-order valence-electron chi connectivity index (χ2n) is 9.88. The maximum absolute atomic E-state index is 13.8. The molecule has 0 saturated carbocycles. The Hall–Kier alpha value is -3.45. The second kappa shape index (κ2) is 7.27. The van der Waals surface area contributed by atoms with Gasteiger partial charge in [0.15, 0.2) is 0 Å². The molecule has 1 aromatic heterocycles. The molecule has 174 valence electrons. The molecule has 6 rings (SSSR count). The Morgan fingerprint density at radius 1 is 1.06 bits per heavy atom. The molecule has 2 aromatic carbocycles. The number of amides is 3. The van der Waals surface area contributed by atoms with E-state index in [-0.39, 0.29) is 29.8 Å². The summed E-state index contributed by atoms with van der Waals surface area (Å²) in [6.07, 6.45) is 3.17. The Morgan fingerprint density at radius 3 is 2.65 bits per heavy atom. The van der Waals surface area contributed by atoms with E-state index in [0.29, 0.717) is 12.8 Å². The quantitative estimate of drug-likeness (QED) is 0.526. The Labute approximate surface area is 197 Å². The molecule has 7 heteroatoms. The smallest absolute Gasteiger partial charge is 0.250 e. The molecule has 0 radical (unpaired) electrons. The molecule has 7 nitrogen and oxygen atoms in total. The number of H-pyrrole nitrogens is 1. The third-order valence-electron chi connectivity index (χ3n) is 8.14. The first-order valence-electron chi connectivity index (χ1n) is 12.0. The Morgan fingerprint density at radius 2 is 1.85 bits per heavy atom. The van der Waals surface area contributed by atoms with Crippen LogP contribution in [0.25, 0.3) is 10.9 Å². The molecule has 1 spiro atoms. The van der Waals surface area contributed by atoms with Crippen molar-refractivity contribution in [3.05, 3.63) is 65.4 Å². The van der Waals surface area contributed by atoms with Crippen molar-refractivity contribution in [2.24, 2.45) is 11.8 Å². The highest BCUT2D eigenvalue weighted by atomic mass is 16.2. The van der Waals surface area contributed by atoms with E-state index in [1.807, 2.05) is 63.4 Å². The zero-order valence-electron chi connectivity index (χ0n) is 19.5. The van der Waals surface area contributed by atoms with E-state index in [0.717, 1.165) is 33.3 Å². The fourth-order valence-electron chi connectivity index (χ4n) is 6.33. The molecule has 0 bridgehead atoms. The molecule has 34 heavy (non-hydrogen) atoms. The van der Waals surface area contributed by atoms with Crippen LogP contribution >= 0.6 is 0 Å². The van der Waals surface area contributed by atoms with Crippen LogP contribution in [-0.4, -0.2) is 39.7 Å². The number of aromatic amines is 1. The number of hydrogen-bond donors (Lipinski definition) is 3. The standard InChI is InChI=1S/C27H28N4O3/c1-4-15(3)31-24(32)21-20(12-16-13-28-19-11-6-5-9-17(16)19)30-27(22(21)25(31)33)18-10-7-8-14(2)23(18)29-26(27)34/h5-11,13,15,20-22,28,30H,4,12H2,1-3H3,(H,29,34)/t15-,20+,21+,22-,27+/m0/s1. The van der Waals surface area contributed by atoms with Crippen LogP contribution in [0.15, 0.2) is 48.7 Å². The number of benzene rings is 2. The predicted molar refractivity (Wildman–Crippen MR) is 129 cm³/mol. The molecule has 5 atom stereocenters. The number of aromatic nitrogens is 1. The molecule has 3 aliphatic heterocycles. The van der Waals surface area contributed by atoms with Crippen LogP contribution < -0.4 is 10.6 Å². The number of fused-ring (bicyclic) bond motifs is 5. The minimum atomic E-state index is -1.25. The van der Waals surface area contributed by atoms with Crippen molar-refractivity contribution >= 4 is 34.3 Å². The van der Waals surface area contributed by atoms with Crippen molar-refractivity contribution in [1.82, 2.24) is 15.2 Å². The second-order valence-corrected chi connectivity index (χ2v) is 9.88. The van der Waals surface area contributed by atoms with E-state index in [1.54, 1.807) is 0 Å². The first-order chi connectivity index (χ1) is 16.4. The van der Waals surface area contributed by atoms with Crippen LogP contribution in [0, 0.1) is 18.8 Å². The van der Waals surface area contributed by atoms with Crippen molar-refractivity contribution in [1.29, 1.82) is 0 Å². The molecule has 0 unspecified atom stereocenters. The minimum absolute atomic E-state index is 0.174. The molecule has 3 amide bonds. The summed E-state index contributed by atoms with van der Waals surface area (Å²) in [6, 6.07) is 13.2. The lowest BCUT2D eigenvalue weighted by Crippen LogP contribution is -2.54. The predicted octanol–water partition coefficient (Wildman–Crippen LogP) is 3.24. The van der Waals surface area contributed by atoms with Gasteiger partial charge in [-0.1, -0.05) is 43.3 Å². The SMILES string of the molecule is CC[C@H](C)N1C(=O)[C@H]2[C@@H](C1=O)[C@@]1(N[C@@H]2Cc2c[nH]c3ccccc23)C(=O)Nc2c(C)cccc21. The number of aryl methyl sites for hydroxylation is 1. The van der Waals surface area contributed by atoms with Crippen LogP contribution in [-0.2, 0) is 26.3 Å². The number of likely N-dealkylation sites (tertiary alicyclic amines) is 1. The molecule has 4 heterocycles. The van der Waals surface area contributed by atoms with Gasteiger partial charge >= 0.3 is 0 Å². The van der Waals surface area contributed by atoms with E-state index in [1.165, 1.54) is 4.90 Å². The van der Waals surface area contributed by atoms with Crippen LogP contribution in [0.3, 0.4) is 0 Å². The maximum Gasteiger partial charge on any atom is 0.250 e. The molecule has 2 saturated heterocycles. The number of hydrogen-bond acceptors (Lipinski definition) is 4. The van der Waals surface area contributed by atoms with Gasteiger partial charge in [0.05, 0.1) is 11.8 Å². The highest BCUT2D eigenvalue weighted by Gasteiger charge is 2.70. The van der Waals surface area contributed by atoms with Gasteiger partial charge < -0.3 is 10.3 Å². The molecule has 3 aliphatic rings. The van der Waals surface area contributed by atoms with Gasteiger partial charge in [0, 0.05) is 40.4 Å². The summed E-state index contributed by atoms with van der Waals surface area (Å²) in [7, 11) is 0. The van der Waals surface area contributed by atoms with Crippen molar-refractivity contribution in [3.8, 4) is 0 Å². The fourth-order valence-corrected chi connectivity index (χ4v) is 6.33. The number of carbonyl (C=O) groups excluding carboxylic acids is 3. The molecular weight excluding hydrogens is 428 g/mol. The van der Waals surface area contributed by atoms with Crippen LogP contribution in [0.4, 0.5) is 5.69 Å². The number of para-hydroxylation sites is 2. The number of anilines is 1. The summed E-state index contributed by atoms with van der Waals surface area (Å²) >= 11 is 0. The summed E-state index contributed by atoms with van der Waals surface area (Å²) in [6.45, 7) is 5.82. The van der Waals surface area contributed by atoms with E-state index >= 15 is 0 Å². The topological polar surface area (TPSA) is 94.3 Å². The molecule has 2 fully saturated rings. The molecular formula is C27H28N4O3. The zero-order valence-corrected chi connectivity index (χ0v) is 19.5. The largest absolute Gasteiger partial charge is 0.361 e. The van der Waals surface area contributed by atoms with Crippen molar-refractivity contribution < 1.29 is 14.4 Å². The van der Waals surface area contributed by atoms with E-state index in [2.05, 4.69) is 21.7 Å². The number of rotatable bonds is 4. The summed E-state index contributed by atoms with van der Waals surface area (Å²) in [4.78, 5) is 46.0. The lowest BCUT2D eigenvalue weighted by atomic mass is 9.76. The fraction of sp³-hybridized carbons (Fsp3) is 0.370. The van der Waals surface area contributed by atoms with Gasteiger partial charge in [0.1, 0.15) is 5.54 Å². The van der Waals surface area contributed by atoms with Gasteiger partial charge in [-0.2, -0.15) is 0 Å². The van der Waals surface area contributed by atoms with E-state index in [9.17, 15) is 14.4 Å². The minimum Gasteiger partial charge on any atom is -0.361 e. The first kappa shape index (κ1) is 21.1. The summed E-state index contributed by atoms with van der Waals surface area (Å²) < 4.78 is 0. The van der Waals surface area contributed by atoms with E-state index < -0.39 is 17.4 Å². The van der Waals surface area contributed by atoms with Crippen molar-refractivity contribution in [2.75, 3.05) is 5.32 Å². The highest BCUT2D eigenvalue weighted by Crippen LogP contribution is 2.54. The maximum atomic E-state index is 13.8. The molecule has 0 aliphatic carbocycles. The van der Waals surface area contributed by atoms with E-state index in [4.69, 9.17) is 0 Å². The lowest BCUT2D eigenvalue weighted by molar-refractivity contribution is -0.145. The summed E-state index contributed by atoms with van der Waals surface area (Å²) in [5.74, 6) is -2.05. The Bertz CT molecular complexity index is 1360. The van der Waals surface area contributed by atoms with Crippen LogP contribution in [0.5, 0.6) is 0 Å². The van der Waals surface area contributed by atoms with Crippen molar-refractivity contribution in [3.63, 3.8) is 0 Å². The lowest BCUT2D eigenvalue weighted by Gasteiger charge is -2.31. The first-order valence-corrected chi connectivity index (χ1v) is 12.0. The monoisotopic (exact) mass is 456 g/mol. The van der Waals surface area contributed by atoms with Crippen molar-refractivity contribution in [2.45, 2.75) is 51.2 Å². The average molecular weight is 457 g/mol. The third kappa shape index (κ3) is 2.59. The molecule has 3 aromatic rings. The number of nitrogens with one attached hydrogen (secondary N) is 3. The molecule has 3 N–H and O–H groups in total. The van der Waals surface area contributed by atoms with Gasteiger partial charge in [-0.25, -0.2) is 0 Å². The zero-order chi connectivity index (χ0) is 23.8. The average Bonchev–Trinajstić information content (AvgIpc) is 3.54. The Balaban J connectivity index is 1.50. The van der Waals surface area contributed by atoms with Gasteiger partial charge in [-0.3, -0.25) is 24.6 Å². The van der Waals surface area contributed by atoms with Gasteiger partial charge in [-0.05, 0) is 43.9 Å². The van der Waals surface area contributed by atoms with Crippen LogP contribution in [0.2, 0.25) is 0 Å². The van der Waals surface area contributed by atoms with Crippen LogP contribution in [0.1, 0.15) is 37.0 Å². The number of imide groups is 1. The summed E-state index contributed by atoms with van der Waals surface area (Å²) in [5, 5.41) is 7.66. The summed E-state index contributed by atoms with van der Waals surface area (Å²) in [5.41, 5.74) is 3.29. The third-order valence-corrected chi connectivity index (χ3v) is 8.14. The number of nitrogens with zero attached hydrogens (tertiary/aromatic N) is 1. The highest BCUT2D eigenvalue weighted by molar-refractivity contribution is 6.15. The van der Waals surface area contributed by atoms with Gasteiger partial charge in [0.2, 0.25) is 17.7 Å². The Kier molecular flexibility index (Phi) is 4.51. The van der Waals surface area contributed by atoms with Gasteiger partial charge in [0.25, 0.3) is 0 Å².